The Labute approximate surface area is 180 Å². The van der Waals surface area contributed by atoms with Gasteiger partial charge in [-0.1, -0.05) is 52.3 Å². The molecule has 1 aromatic rings. The molecular weight excluding hydrogens is 380 g/mol. The van der Waals surface area contributed by atoms with Crippen LogP contribution < -0.4 is 10.6 Å². The normalized spacial score (nSPS) is 18.7. The van der Waals surface area contributed by atoms with Crippen molar-refractivity contribution >= 4 is 23.5 Å². The van der Waals surface area contributed by atoms with E-state index in [9.17, 15) is 14.4 Å². The van der Waals surface area contributed by atoms with Crippen LogP contribution in [0.15, 0.2) is 30.3 Å². The van der Waals surface area contributed by atoms with Crippen LogP contribution in [0.3, 0.4) is 0 Å². The van der Waals surface area contributed by atoms with Gasteiger partial charge in [0.25, 0.3) is 0 Å². The fourth-order valence-corrected chi connectivity index (χ4v) is 3.66. The van der Waals surface area contributed by atoms with Crippen LogP contribution >= 0.6 is 0 Å². The summed E-state index contributed by atoms with van der Waals surface area (Å²) in [6, 6.07) is 8.53. The van der Waals surface area contributed by atoms with Crippen molar-refractivity contribution in [2.45, 2.75) is 59.5 Å². The number of anilines is 1. The number of urea groups is 1. The van der Waals surface area contributed by atoms with Crippen LogP contribution in [0.25, 0.3) is 0 Å². The molecule has 1 heterocycles. The van der Waals surface area contributed by atoms with E-state index in [4.69, 9.17) is 0 Å². The average molecular weight is 417 g/mol. The molecule has 1 fully saturated rings. The molecule has 0 aliphatic carbocycles. The monoisotopic (exact) mass is 416 g/mol. The van der Waals surface area contributed by atoms with Crippen molar-refractivity contribution in [1.82, 2.24) is 15.1 Å². The van der Waals surface area contributed by atoms with Crippen LogP contribution in [0.5, 0.6) is 0 Å². The van der Waals surface area contributed by atoms with Crippen molar-refractivity contribution in [3.8, 4) is 0 Å². The van der Waals surface area contributed by atoms with Crippen LogP contribution in [0.4, 0.5) is 10.5 Å². The van der Waals surface area contributed by atoms with Gasteiger partial charge in [-0.05, 0) is 30.9 Å². The minimum atomic E-state index is -0.529. The molecule has 3 unspecified atom stereocenters. The lowest BCUT2D eigenvalue weighted by molar-refractivity contribution is -0.140. The maximum absolute atomic E-state index is 13.2. The standard InChI is InChI=1S/C23H36N4O3/c1-6-17(4)21(25-20(28)14-16(2)3)22(29)26-12-13-27(18(5)15-26)23(30)24-19-10-8-7-9-11-19/h7-11,16-18,21H,6,12-15H2,1-5H3,(H,24,30)(H,25,28). The summed E-state index contributed by atoms with van der Waals surface area (Å²) in [5, 5.41) is 5.86. The van der Waals surface area contributed by atoms with Gasteiger partial charge in [-0.2, -0.15) is 0 Å². The Morgan fingerprint density at radius 3 is 2.33 bits per heavy atom. The van der Waals surface area contributed by atoms with Gasteiger partial charge in [-0.15, -0.1) is 0 Å². The van der Waals surface area contributed by atoms with Crippen LogP contribution in [0.1, 0.15) is 47.5 Å². The lowest BCUT2D eigenvalue weighted by atomic mass is 9.96. The van der Waals surface area contributed by atoms with Crippen LogP contribution in [0, 0.1) is 11.8 Å². The van der Waals surface area contributed by atoms with Gasteiger partial charge in [0.05, 0.1) is 0 Å². The SMILES string of the molecule is CCC(C)C(NC(=O)CC(C)C)C(=O)N1CCN(C(=O)Nc2ccccc2)C(C)C1. The third kappa shape index (κ3) is 6.47. The highest BCUT2D eigenvalue weighted by molar-refractivity contribution is 5.90. The Bertz CT molecular complexity index is 722. The summed E-state index contributed by atoms with van der Waals surface area (Å²) in [4.78, 5) is 41.7. The number of hydrogen-bond acceptors (Lipinski definition) is 3. The molecular formula is C23H36N4O3. The molecule has 0 aromatic heterocycles. The van der Waals surface area contributed by atoms with Gasteiger partial charge in [0.1, 0.15) is 6.04 Å². The number of hydrogen-bond donors (Lipinski definition) is 2. The largest absolute Gasteiger partial charge is 0.344 e. The molecule has 1 aliphatic heterocycles. The summed E-state index contributed by atoms with van der Waals surface area (Å²) in [5.74, 6) is 0.140. The Morgan fingerprint density at radius 1 is 1.10 bits per heavy atom. The van der Waals surface area contributed by atoms with Gasteiger partial charge >= 0.3 is 6.03 Å². The predicted octanol–water partition coefficient (Wildman–Crippen LogP) is 3.33. The number of piperazine rings is 1. The molecule has 0 spiro atoms. The van der Waals surface area contributed by atoms with Crippen LogP contribution in [-0.2, 0) is 9.59 Å². The molecule has 0 bridgehead atoms. The molecule has 2 rings (SSSR count). The number of rotatable bonds is 7. The second kappa shape index (κ2) is 11.0. The van der Waals surface area contributed by atoms with Gasteiger partial charge in [0.15, 0.2) is 0 Å². The minimum absolute atomic E-state index is 0.0447. The third-order valence-electron chi connectivity index (χ3n) is 5.61. The highest BCUT2D eigenvalue weighted by Gasteiger charge is 2.35. The molecule has 1 saturated heterocycles. The Hall–Kier alpha value is -2.57. The quantitative estimate of drug-likeness (QED) is 0.715. The van der Waals surface area contributed by atoms with Crippen molar-refractivity contribution < 1.29 is 14.4 Å². The Balaban J connectivity index is 1.99. The molecule has 30 heavy (non-hydrogen) atoms. The van der Waals surface area contributed by atoms with Crippen molar-refractivity contribution in [2.75, 3.05) is 25.0 Å². The zero-order chi connectivity index (χ0) is 22.3. The first-order valence-corrected chi connectivity index (χ1v) is 10.9. The van der Waals surface area contributed by atoms with Crippen molar-refractivity contribution in [2.24, 2.45) is 11.8 Å². The molecule has 1 aliphatic rings. The van der Waals surface area contributed by atoms with Crippen LogP contribution in [0.2, 0.25) is 0 Å². The number of nitrogens with one attached hydrogen (secondary N) is 2. The number of benzene rings is 1. The Kier molecular flexibility index (Phi) is 8.69. The topological polar surface area (TPSA) is 81.8 Å². The smallest absolute Gasteiger partial charge is 0.322 e. The van der Waals surface area contributed by atoms with Gasteiger partial charge in [-0.25, -0.2) is 4.79 Å². The summed E-state index contributed by atoms with van der Waals surface area (Å²) in [5.41, 5.74) is 0.748. The van der Waals surface area contributed by atoms with E-state index in [0.717, 1.165) is 12.1 Å². The lowest BCUT2D eigenvalue weighted by Gasteiger charge is -2.41. The molecule has 166 valence electrons. The summed E-state index contributed by atoms with van der Waals surface area (Å²) in [6.45, 7) is 11.3. The molecule has 0 saturated carbocycles. The van der Waals surface area contributed by atoms with Crippen molar-refractivity contribution in [3.05, 3.63) is 30.3 Å². The van der Waals surface area contributed by atoms with E-state index in [1.165, 1.54) is 0 Å². The van der Waals surface area contributed by atoms with Gasteiger partial charge in [0, 0.05) is 37.8 Å². The van der Waals surface area contributed by atoms with Crippen LogP contribution in [-0.4, -0.2) is 59.4 Å². The van der Waals surface area contributed by atoms with Crippen molar-refractivity contribution in [3.63, 3.8) is 0 Å². The molecule has 4 amide bonds. The number of nitrogens with zero attached hydrogens (tertiary/aromatic N) is 2. The first kappa shape index (κ1) is 23.7. The van der Waals surface area contributed by atoms with Gasteiger partial charge in [0.2, 0.25) is 11.8 Å². The van der Waals surface area contributed by atoms with Gasteiger partial charge in [-0.3, -0.25) is 9.59 Å². The summed E-state index contributed by atoms with van der Waals surface area (Å²) < 4.78 is 0. The summed E-state index contributed by atoms with van der Waals surface area (Å²) in [7, 11) is 0. The zero-order valence-electron chi connectivity index (χ0n) is 18.9. The minimum Gasteiger partial charge on any atom is -0.344 e. The second-order valence-corrected chi connectivity index (χ2v) is 8.65. The fraction of sp³-hybridized carbons (Fsp3) is 0.609. The van der Waals surface area contributed by atoms with Gasteiger partial charge < -0.3 is 20.4 Å². The first-order chi connectivity index (χ1) is 14.2. The van der Waals surface area contributed by atoms with E-state index in [0.29, 0.717) is 26.1 Å². The summed E-state index contributed by atoms with van der Waals surface area (Å²) in [6.07, 6.45) is 1.21. The summed E-state index contributed by atoms with van der Waals surface area (Å²) >= 11 is 0. The zero-order valence-corrected chi connectivity index (χ0v) is 18.9. The molecule has 1 aromatic carbocycles. The fourth-order valence-electron chi connectivity index (χ4n) is 3.66. The number of amides is 4. The van der Waals surface area contributed by atoms with E-state index < -0.39 is 6.04 Å². The average Bonchev–Trinajstić information content (AvgIpc) is 2.71. The highest BCUT2D eigenvalue weighted by Crippen LogP contribution is 2.17. The molecule has 0 radical (unpaired) electrons. The maximum Gasteiger partial charge on any atom is 0.322 e. The Morgan fingerprint density at radius 2 is 1.77 bits per heavy atom. The van der Waals surface area contributed by atoms with E-state index in [2.05, 4.69) is 10.6 Å². The number of carbonyl (C=O) groups excluding carboxylic acids is 3. The number of para-hydroxylation sites is 1. The first-order valence-electron chi connectivity index (χ1n) is 10.9. The van der Waals surface area contributed by atoms with Crippen molar-refractivity contribution in [1.29, 1.82) is 0 Å². The number of carbonyl (C=O) groups is 3. The molecule has 7 heteroatoms. The third-order valence-corrected chi connectivity index (χ3v) is 5.61. The van der Waals surface area contributed by atoms with E-state index in [-0.39, 0.29) is 35.7 Å². The lowest BCUT2D eigenvalue weighted by Crippen LogP contribution is -2.60. The van der Waals surface area contributed by atoms with E-state index in [1.54, 1.807) is 9.80 Å². The predicted molar refractivity (Wildman–Crippen MR) is 119 cm³/mol. The maximum atomic E-state index is 13.2. The second-order valence-electron chi connectivity index (χ2n) is 8.65. The van der Waals surface area contributed by atoms with E-state index >= 15 is 0 Å². The highest BCUT2D eigenvalue weighted by atomic mass is 16.2. The molecule has 7 nitrogen and oxygen atoms in total. The molecule has 3 atom stereocenters. The molecule has 2 N–H and O–H groups in total. The van der Waals surface area contributed by atoms with E-state index in [1.807, 2.05) is 65.0 Å².